The second-order valence-corrected chi connectivity index (χ2v) is 14.3. The summed E-state index contributed by atoms with van der Waals surface area (Å²) >= 11 is 0. The van der Waals surface area contributed by atoms with Gasteiger partial charge in [0.1, 0.15) is 23.6 Å². The molecule has 4 heterocycles. The number of hydrogen-bond acceptors (Lipinski definition) is 6. The Bertz CT molecular complexity index is 1630. The van der Waals surface area contributed by atoms with Crippen LogP contribution in [0.3, 0.4) is 0 Å². The molecular weight excluding hydrogens is 611 g/mol. The fourth-order valence-electron chi connectivity index (χ4n) is 6.79. The van der Waals surface area contributed by atoms with Crippen molar-refractivity contribution in [3.05, 3.63) is 88.8 Å². The molecule has 0 radical (unpaired) electrons. The van der Waals surface area contributed by atoms with Gasteiger partial charge in [0.2, 0.25) is 0 Å². The quantitative estimate of drug-likeness (QED) is 0.157. The molecule has 1 atom stereocenters. The highest BCUT2D eigenvalue weighted by Gasteiger charge is 2.39. The van der Waals surface area contributed by atoms with Crippen LogP contribution in [0.15, 0.2) is 60.7 Å². The van der Waals surface area contributed by atoms with Crippen LogP contribution in [0.5, 0.6) is 0 Å². The van der Waals surface area contributed by atoms with Crippen molar-refractivity contribution in [3.63, 3.8) is 0 Å². The number of benzene rings is 1. The van der Waals surface area contributed by atoms with E-state index >= 15 is 13.2 Å². The topological polar surface area (TPSA) is 80.1 Å². The maximum absolute atomic E-state index is 15.9. The molecule has 2 aliphatic rings. The summed E-state index contributed by atoms with van der Waals surface area (Å²) in [7, 11) is -0.880. The molecule has 3 aromatic rings. The second-order valence-electron chi connectivity index (χ2n) is 12.6. The van der Waals surface area contributed by atoms with Gasteiger partial charge in [0.25, 0.3) is 11.5 Å². The van der Waals surface area contributed by atoms with Crippen molar-refractivity contribution in [2.45, 2.75) is 76.3 Å². The number of halogens is 3. The molecule has 2 fully saturated rings. The Balaban J connectivity index is 1.43. The standard InChI is InChI=1S/C35H44F3N5O2S/c1-4-6-7-16-43-33-29(21-28(34(43)44)26-13-19-46(45)20-14-26)32(39-23-40-33)41-24(3)27-9-8-10-30(31(27)36)35(37,38)22-25-11-17-42(15-5-2)18-12-25/h4-5,8-10,21,23-26H,1-2,6-7,11-20,22H2,3H3,(H,39,40,41)/t24-,26?,46?/m1/s1. The van der Waals surface area contributed by atoms with E-state index in [4.69, 9.17) is 0 Å². The molecule has 2 aliphatic heterocycles. The van der Waals surface area contributed by atoms with Gasteiger partial charge in [-0.1, -0.05) is 30.4 Å². The average molecular weight is 656 g/mol. The first kappa shape index (κ1) is 34.0. The van der Waals surface area contributed by atoms with Gasteiger partial charge in [-0.15, -0.1) is 13.2 Å². The third-order valence-corrected chi connectivity index (χ3v) is 10.8. The van der Waals surface area contributed by atoms with Gasteiger partial charge in [0.05, 0.1) is 17.0 Å². The fourth-order valence-corrected chi connectivity index (χ4v) is 8.09. The fraction of sp³-hybridized carbons (Fsp3) is 0.514. The summed E-state index contributed by atoms with van der Waals surface area (Å²) in [6.07, 6.45) is 8.57. The van der Waals surface area contributed by atoms with Gasteiger partial charge in [0, 0.05) is 52.9 Å². The molecule has 2 saturated heterocycles. The van der Waals surface area contributed by atoms with E-state index in [1.54, 1.807) is 23.6 Å². The van der Waals surface area contributed by atoms with Crippen molar-refractivity contribution in [2.75, 3.05) is 36.5 Å². The lowest BCUT2D eigenvalue weighted by atomic mass is 9.87. The number of piperidine rings is 1. The van der Waals surface area contributed by atoms with E-state index in [1.807, 2.05) is 6.08 Å². The number of hydrogen-bond donors (Lipinski definition) is 1. The van der Waals surface area contributed by atoms with E-state index in [9.17, 15) is 9.00 Å². The first-order valence-electron chi connectivity index (χ1n) is 16.2. The molecule has 0 saturated carbocycles. The smallest absolute Gasteiger partial charge is 0.276 e. The minimum absolute atomic E-state index is 0.0451. The molecule has 0 bridgehead atoms. The molecule has 0 unspecified atom stereocenters. The van der Waals surface area contributed by atoms with Crippen molar-refractivity contribution < 1.29 is 17.4 Å². The summed E-state index contributed by atoms with van der Waals surface area (Å²) < 4.78 is 60.8. The summed E-state index contributed by atoms with van der Waals surface area (Å²) in [4.78, 5) is 24.8. The zero-order valence-corrected chi connectivity index (χ0v) is 27.3. The molecule has 7 nitrogen and oxygen atoms in total. The maximum atomic E-state index is 15.9. The number of likely N-dealkylation sites (tertiary alicyclic amines) is 1. The van der Waals surface area contributed by atoms with Crippen molar-refractivity contribution in [3.8, 4) is 0 Å². The van der Waals surface area contributed by atoms with Crippen molar-refractivity contribution >= 4 is 27.7 Å². The van der Waals surface area contributed by atoms with Gasteiger partial charge >= 0.3 is 0 Å². The Hall–Kier alpha value is -3.31. The third-order valence-electron chi connectivity index (χ3n) is 9.41. The van der Waals surface area contributed by atoms with Gasteiger partial charge in [-0.05, 0) is 76.4 Å². The van der Waals surface area contributed by atoms with Crippen LogP contribution in [0.1, 0.15) is 80.5 Å². The van der Waals surface area contributed by atoms with Gasteiger partial charge in [-0.2, -0.15) is 0 Å². The highest BCUT2D eigenvalue weighted by atomic mass is 32.2. The lowest BCUT2D eigenvalue weighted by molar-refractivity contribution is -0.0397. The van der Waals surface area contributed by atoms with Gasteiger partial charge < -0.3 is 5.32 Å². The molecule has 248 valence electrons. The number of anilines is 1. The number of aromatic nitrogens is 3. The number of pyridine rings is 1. The predicted molar refractivity (Wildman–Crippen MR) is 179 cm³/mol. The lowest BCUT2D eigenvalue weighted by Crippen LogP contribution is -2.35. The lowest BCUT2D eigenvalue weighted by Gasteiger charge is -2.33. The molecule has 11 heteroatoms. The van der Waals surface area contributed by atoms with E-state index < -0.39 is 40.6 Å². The molecule has 0 amide bonds. The van der Waals surface area contributed by atoms with Gasteiger partial charge in [-0.3, -0.25) is 18.5 Å². The Morgan fingerprint density at radius 3 is 2.57 bits per heavy atom. The molecule has 5 rings (SSSR count). The number of aryl methyl sites for hydroxylation is 1. The monoisotopic (exact) mass is 655 g/mol. The Morgan fingerprint density at radius 1 is 1.13 bits per heavy atom. The van der Waals surface area contributed by atoms with Crippen molar-refractivity contribution in [1.82, 2.24) is 19.4 Å². The summed E-state index contributed by atoms with van der Waals surface area (Å²) in [5.41, 5.74) is 0.462. The van der Waals surface area contributed by atoms with Crippen LogP contribution in [-0.2, 0) is 23.3 Å². The van der Waals surface area contributed by atoms with E-state index in [-0.39, 0.29) is 23.0 Å². The minimum Gasteiger partial charge on any atom is -0.363 e. The Morgan fingerprint density at radius 2 is 1.87 bits per heavy atom. The Kier molecular flexibility index (Phi) is 11.1. The predicted octanol–water partition coefficient (Wildman–Crippen LogP) is 7.08. The zero-order valence-electron chi connectivity index (χ0n) is 26.5. The highest BCUT2D eigenvalue weighted by Crippen LogP contribution is 2.41. The maximum Gasteiger partial charge on any atom is 0.276 e. The van der Waals surface area contributed by atoms with E-state index in [2.05, 4.69) is 33.3 Å². The Labute approximate surface area is 271 Å². The van der Waals surface area contributed by atoms with Crippen LogP contribution in [0.4, 0.5) is 19.0 Å². The molecular formula is C35H44F3N5O2S. The number of allylic oxidation sites excluding steroid dienone is 1. The van der Waals surface area contributed by atoms with Crippen LogP contribution >= 0.6 is 0 Å². The number of alkyl halides is 2. The van der Waals surface area contributed by atoms with Crippen LogP contribution in [-0.4, -0.2) is 54.8 Å². The molecule has 0 aliphatic carbocycles. The van der Waals surface area contributed by atoms with Gasteiger partial charge in [-0.25, -0.2) is 23.1 Å². The third kappa shape index (κ3) is 7.62. The average Bonchev–Trinajstić information content (AvgIpc) is 3.03. The largest absolute Gasteiger partial charge is 0.363 e. The number of nitrogens with one attached hydrogen (secondary N) is 1. The van der Waals surface area contributed by atoms with Crippen LogP contribution in [0.2, 0.25) is 0 Å². The summed E-state index contributed by atoms with van der Waals surface area (Å²) in [5, 5.41) is 3.84. The van der Waals surface area contributed by atoms with Crippen molar-refractivity contribution in [2.24, 2.45) is 5.92 Å². The summed E-state index contributed by atoms with van der Waals surface area (Å²) in [5.74, 6) is -3.00. The van der Waals surface area contributed by atoms with Crippen molar-refractivity contribution in [1.29, 1.82) is 0 Å². The van der Waals surface area contributed by atoms with E-state index in [1.165, 1.54) is 24.5 Å². The highest BCUT2D eigenvalue weighted by molar-refractivity contribution is 7.85. The molecule has 1 N–H and O–H groups in total. The van der Waals surface area contributed by atoms with E-state index in [0.717, 1.165) is 26.1 Å². The summed E-state index contributed by atoms with van der Waals surface area (Å²) in [6.45, 7) is 11.9. The normalized spacial score (nSPS) is 20.4. The molecule has 2 aromatic heterocycles. The van der Waals surface area contributed by atoms with Gasteiger partial charge in [0.15, 0.2) is 0 Å². The van der Waals surface area contributed by atoms with E-state index in [0.29, 0.717) is 72.6 Å². The molecule has 0 spiro atoms. The number of fused-ring (bicyclic) bond motifs is 1. The first-order chi connectivity index (χ1) is 22.1. The summed E-state index contributed by atoms with van der Waals surface area (Å²) in [6, 6.07) is 5.27. The van der Waals surface area contributed by atoms with Crippen LogP contribution in [0.25, 0.3) is 11.0 Å². The molecule has 46 heavy (non-hydrogen) atoms. The SMILES string of the molecule is C=CCCCn1c(=O)c(C2CCS(=O)CC2)cc2c(N[C@H](C)c3cccc(C(F)(F)CC4CCN(CC=C)CC4)c3F)ncnc21. The minimum atomic E-state index is -3.31. The number of rotatable bonds is 13. The van der Waals surface area contributed by atoms with Crippen LogP contribution in [0, 0.1) is 11.7 Å². The zero-order chi connectivity index (χ0) is 32.8. The number of unbranched alkanes of at least 4 members (excludes halogenated alkanes) is 1. The van der Waals surface area contributed by atoms with Crippen LogP contribution < -0.4 is 10.9 Å². The number of nitrogens with zero attached hydrogens (tertiary/aromatic N) is 4. The second kappa shape index (κ2) is 15.1. The molecule has 1 aromatic carbocycles. The first-order valence-corrected chi connectivity index (χ1v) is 17.7.